The maximum absolute atomic E-state index is 8.37. The Morgan fingerprint density at radius 3 is 2.40 bits per heavy atom. The molecule has 0 bridgehead atoms. The second-order valence-corrected chi connectivity index (χ2v) is 4.22. The first-order chi connectivity index (χ1) is 4.57. The Morgan fingerprint density at radius 1 is 1.60 bits per heavy atom. The summed E-state index contributed by atoms with van der Waals surface area (Å²) in [5.74, 6) is 0. The van der Waals surface area contributed by atoms with E-state index in [9.17, 15) is 0 Å². The molecule has 52 valence electrons. The third kappa shape index (κ3) is 3.53. The Kier molecular flexibility index (Phi) is 4.15. The molecule has 0 N–H and O–H groups in total. The molecule has 0 aliphatic heterocycles. The molecule has 0 unspecified atom stereocenters. The molecule has 0 aliphatic rings. The summed E-state index contributed by atoms with van der Waals surface area (Å²) in [6, 6.07) is 1.98. The monoisotopic (exact) mass is 303 g/mol. The van der Waals surface area contributed by atoms with Crippen LogP contribution in [-0.4, -0.2) is 3.90 Å². The Morgan fingerprint density at radius 2 is 2.10 bits per heavy atom. The number of nitriles is 1. The molecule has 0 spiro atoms. The van der Waals surface area contributed by atoms with Crippen molar-refractivity contribution < 1.29 is 19.4 Å². The van der Waals surface area contributed by atoms with Gasteiger partial charge in [0, 0.05) is 0 Å². The topological polar surface area (TPSA) is 23.8 Å². The van der Waals surface area contributed by atoms with Gasteiger partial charge in [-0.2, -0.15) is 0 Å². The van der Waals surface area contributed by atoms with Gasteiger partial charge in [0.15, 0.2) is 0 Å². The summed E-state index contributed by atoms with van der Waals surface area (Å²) in [4.78, 5) is 0. The summed E-state index contributed by atoms with van der Waals surface area (Å²) in [6.45, 7) is 7.59. The third-order valence-corrected chi connectivity index (χ3v) is 2.25. The Hall–Kier alpha value is -0.472. The molecule has 0 fully saturated rings. The van der Waals surface area contributed by atoms with Crippen molar-refractivity contribution >= 4 is 3.90 Å². The molecule has 0 atom stereocenters. The molecule has 0 amide bonds. The quantitative estimate of drug-likeness (QED) is 0.563. The van der Waals surface area contributed by atoms with E-state index in [-0.39, 0.29) is 0 Å². The summed E-state index contributed by atoms with van der Waals surface area (Å²) >= 11 is 1.44. The zero-order chi connectivity index (χ0) is 8.15. The zero-order valence-corrected chi connectivity index (χ0v) is 9.07. The molecule has 0 saturated carbocycles. The van der Waals surface area contributed by atoms with Gasteiger partial charge < -0.3 is 0 Å². The van der Waals surface area contributed by atoms with Crippen LogP contribution in [0.4, 0.5) is 0 Å². The van der Waals surface area contributed by atoms with Gasteiger partial charge in [0.05, 0.1) is 0 Å². The minimum atomic E-state index is 0.526. The first kappa shape index (κ1) is 9.53. The van der Waals surface area contributed by atoms with Crippen molar-refractivity contribution in [2.45, 2.75) is 13.8 Å². The molecular formula is C8H9NW. The number of allylic oxidation sites excluding steroid dienone is 3. The molecule has 0 saturated heterocycles. The van der Waals surface area contributed by atoms with Crippen molar-refractivity contribution in [2.24, 2.45) is 0 Å². The van der Waals surface area contributed by atoms with Crippen LogP contribution in [0.5, 0.6) is 0 Å². The van der Waals surface area contributed by atoms with Crippen molar-refractivity contribution in [1.82, 2.24) is 0 Å². The molecule has 0 aromatic carbocycles. The predicted octanol–water partition coefficient (Wildman–Crippen LogP) is 1.75. The summed E-state index contributed by atoms with van der Waals surface area (Å²) < 4.78 is 1.30. The van der Waals surface area contributed by atoms with Gasteiger partial charge in [0.25, 0.3) is 0 Å². The van der Waals surface area contributed by atoms with Crippen molar-refractivity contribution in [3.8, 4) is 6.07 Å². The van der Waals surface area contributed by atoms with Crippen LogP contribution in [0.25, 0.3) is 0 Å². The SMILES string of the molecule is C=C(C#N)/C=C(/C)[C](C)=[W]. The number of rotatable bonds is 2. The first-order valence-corrected chi connectivity index (χ1v) is 4.33. The van der Waals surface area contributed by atoms with Crippen LogP contribution in [0.3, 0.4) is 0 Å². The Bertz CT molecular complexity index is 230. The number of hydrogen-bond acceptors (Lipinski definition) is 1. The fourth-order valence-corrected chi connectivity index (χ4v) is 0.607. The summed E-state index contributed by atoms with van der Waals surface area (Å²) in [6.07, 6.45) is 1.81. The summed E-state index contributed by atoms with van der Waals surface area (Å²) in [5, 5.41) is 8.37. The molecule has 10 heavy (non-hydrogen) atoms. The van der Waals surface area contributed by atoms with E-state index < -0.39 is 0 Å². The number of hydrogen-bond donors (Lipinski definition) is 0. The van der Waals surface area contributed by atoms with Crippen molar-refractivity contribution in [3.05, 3.63) is 23.8 Å². The Balaban J connectivity index is 4.35. The van der Waals surface area contributed by atoms with Crippen LogP contribution in [-0.2, 0) is 19.4 Å². The van der Waals surface area contributed by atoms with Gasteiger partial charge in [0.1, 0.15) is 0 Å². The second-order valence-electron chi connectivity index (χ2n) is 2.02. The standard InChI is InChI=1S/C8H9N.W/c1-4-7(2)5-8(3)6-9;/h5H,3H2,1-2H3;/b7-5-;. The molecule has 0 aliphatic carbocycles. The average molecular weight is 303 g/mol. The van der Waals surface area contributed by atoms with Gasteiger partial charge in [-0.3, -0.25) is 0 Å². The van der Waals surface area contributed by atoms with Crippen LogP contribution < -0.4 is 0 Å². The van der Waals surface area contributed by atoms with Gasteiger partial charge in [-0.1, -0.05) is 0 Å². The van der Waals surface area contributed by atoms with Crippen LogP contribution in [0.2, 0.25) is 0 Å². The van der Waals surface area contributed by atoms with E-state index in [1.165, 1.54) is 23.3 Å². The first-order valence-electron chi connectivity index (χ1n) is 2.86. The van der Waals surface area contributed by atoms with Gasteiger partial charge in [-0.15, -0.1) is 0 Å². The van der Waals surface area contributed by atoms with Crippen LogP contribution >= 0.6 is 0 Å². The van der Waals surface area contributed by atoms with Crippen LogP contribution in [0, 0.1) is 11.3 Å². The van der Waals surface area contributed by atoms with E-state index in [0.717, 1.165) is 5.57 Å². The van der Waals surface area contributed by atoms with E-state index in [1.54, 1.807) is 0 Å². The predicted molar refractivity (Wildman–Crippen MR) is 39.2 cm³/mol. The molecule has 0 aromatic heterocycles. The fraction of sp³-hybridized carbons (Fsp3) is 0.250. The second kappa shape index (κ2) is 4.36. The van der Waals surface area contributed by atoms with Crippen molar-refractivity contribution in [1.29, 1.82) is 5.26 Å². The van der Waals surface area contributed by atoms with Gasteiger partial charge in [0.2, 0.25) is 0 Å². The molecule has 2 heteroatoms. The normalized spacial score (nSPS) is 10.3. The van der Waals surface area contributed by atoms with Crippen LogP contribution in [0.15, 0.2) is 23.8 Å². The maximum atomic E-state index is 8.37. The molecular weight excluding hydrogens is 294 g/mol. The summed E-state index contributed by atoms with van der Waals surface area (Å²) in [7, 11) is 0. The van der Waals surface area contributed by atoms with E-state index in [4.69, 9.17) is 5.26 Å². The van der Waals surface area contributed by atoms with E-state index in [0.29, 0.717) is 5.57 Å². The van der Waals surface area contributed by atoms with Crippen molar-refractivity contribution in [2.75, 3.05) is 0 Å². The van der Waals surface area contributed by atoms with Crippen molar-refractivity contribution in [3.63, 3.8) is 0 Å². The molecule has 0 heterocycles. The van der Waals surface area contributed by atoms with Gasteiger partial charge in [-0.05, 0) is 0 Å². The number of nitrogens with zero attached hydrogens (tertiary/aromatic N) is 1. The average Bonchev–Trinajstić information content (AvgIpc) is 1.87. The van der Waals surface area contributed by atoms with Gasteiger partial charge >= 0.3 is 72.2 Å². The zero-order valence-electron chi connectivity index (χ0n) is 6.14. The van der Waals surface area contributed by atoms with E-state index >= 15 is 0 Å². The van der Waals surface area contributed by atoms with Crippen LogP contribution in [0.1, 0.15) is 13.8 Å². The van der Waals surface area contributed by atoms with Gasteiger partial charge in [-0.25, -0.2) is 0 Å². The van der Waals surface area contributed by atoms with E-state index in [1.807, 2.05) is 26.0 Å². The summed E-state index contributed by atoms with van der Waals surface area (Å²) in [5.41, 5.74) is 1.68. The molecule has 0 radical (unpaired) electrons. The third-order valence-electron chi connectivity index (χ3n) is 1.09. The molecule has 1 nitrogen and oxygen atoms in total. The minimum absolute atomic E-state index is 0.526. The molecule has 0 rings (SSSR count). The Labute approximate surface area is 72.5 Å². The molecule has 0 aromatic rings. The fourth-order valence-electron chi connectivity index (χ4n) is 0.395. The van der Waals surface area contributed by atoms with E-state index in [2.05, 4.69) is 6.58 Å².